The fourth-order valence-corrected chi connectivity index (χ4v) is 3.24. The summed E-state index contributed by atoms with van der Waals surface area (Å²) in [6, 6.07) is 10.5. The van der Waals surface area contributed by atoms with Crippen LogP contribution in [0.15, 0.2) is 41.4 Å². The van der Waals surface area contributed by atoms with Crippen LogP contribution >= 0.6 is 11.6 Å². The molecule has 1 amide bonds. The van der Waals surface area contributed by atoms with Gasteiger partial charge in [-0.3, -0.25) is 10.1 Å². The normalized spacial score (nSPS) is 16.3. The number of nitrogens with zero attached hydrogens (tertiary/aromatic N) is 1. The second-order valence-corrected chi connectivity index (χ2v) is 7.40. The fraction of sp³-hybridized carbons (Fsp3) is 0.364. The van der Waals surface area contributed by atoms with E-state index < -0.39 is 0 Å². The number of carbonyl (C=O) groups is 1. The van der Waals surface area contributed by atoms with Crippen LogP contribution in [0.25, 0.3) is 0 Å². The van der Waals surface area contributed by atoms with Crippen molar-refractivity contribution in [3.05, 3.63) is 52.5 Å². The number of aryl methyl sites for hydroxylation is 1. The van der Waals surface area contributed by atoms with Gasteiger partial charge in [0.2, 0.25) is 5.96 Å². The first-order valence-electron chi connectivity index (χ1n) is 9.72. The van der Waals surface area contributed by atoms with Crippen molar-refractivity contribution in [2.45, 2.75) is 25.9 Å². The average molecular weight is 432 g/mol. The number of rotatable bonds is 6. The summed E-state index contributed by atoms with van der Waals surface area (Å²) in [5, 5.41) is 6.62. The van der Waals surface area contributed by atoms with Crippen molar-refractivity contribution in [2.75, 3.05) is 32.7 Å². The van der Waals surface area contributed by atoms with Crippen LogP contribution in [-0.4, -0.2) is 45.3 Å². The van der Waals surface area contributed by atoms with E-state index in [9.17, 15) is 4.79 Å². The third kappa shape index (κ3) is 5.87. The van der Waals surface area contributed by atoms with Gasteiger partial charge < -0.3 is 19.5 Å². The molecule has 7 nitrogen and oxygen atoms in total. The molecule has 1 heterocycles. The molecule has 3 rings (SSSR count). The number of hydrogen-bond acceptors (Lipinski definition) is 5. The molecule has 2 aromatic carbocycles. The molecule has 8 heteroatoms. The molecule has 1 aliphatic rings. The maximum atomic E-state index is 12.9. The van der Waals surface area contributed by atoms with E-state index in [0.717, 1.165) is 30.7 Å². The smallest absolute Gasteiger partial charge is 0.258 e. The molecule has 0 unspecified atom stereocenters. The number of aliphatic imine (C=N–C) groups is 1. The molecule has 30 heavy (non-hydrogen) atoms. The second kappa shape index (κ2) is 10.3. The van der Waals surface area contributed by atoms with Crippen LogP contribution in [0.5, 0.6) is 11.5 Å². The third-order valence-corrected chi connectivity index (χ3v) is 5.01. The minimum Gasteiger partial charge on any atom is -0.497 e. The zero-order valence-corrected chi connectivity index (χ0v) is 18.1. The first-order valence-corrected chi connectivity index (χ1v) is 10.1. The van der Waals surface area contributed by atoms with E-state index in [1.165, 1.54) is 14.2 Å². The second-order valence-electron chi connectivity index (χ2n) is 6.96. The van der Waals surface area contributed by atoms with Gasteiger partial charge in [-0.15, -0.1) is 0 Å². The van der Waals surface area contributed by atoms with Crippen LogP contribution in [-0.2, 0) is 4.74 Å². The lowest BCUT2D eigenvalue weighted by molar-refractivity contribution is 0.0975. The molecule has 0 aliphatic carbocycles. The maximum absolute atomic E-state index is 12.9. The summed E-state index contributed by atoms with van der Waals surface area (Å²) in [5.74, 6) is 1.03. The van der Waals surface area contributed by atoms with Crippen molar-refractivity contribution in [1.82, 2.24) is 5.32 Å². The Morgan fingerprint density at radius 2 is 1.93 bits per heavy atom. The monoisotopic (exact) mass is 431 g/mol. The largest absolute Gasteiger partial charge is 0.497 e. The zero-order chi connectivity index (χ0) is 21.5. The molecular weight excluding hydrogens is 406 g/mol. The maximum Gasteiger partial charge on any atom is 0.258 e. The number of ether oxygens (including phenoxy) is 3. The average Bonchev–Trinajstić information content (AvgIpc) is 3.27. The molecule has 2 N–H and O–H groups in total. The molecular formula is C22H26ClN3O4. The SMILES string of the molecule is COc1cc(OC)cc(C(=O)NC(=NC[C@H]2CCCO2)Nc2cc(Cl)ccc2C)c1. The highest BCUT2D eigenvalue weighted by Gasteiger charge is 2.17. The highest BCUT2D eigenvalue weighted by Crippen LogP contribution is 2.23. The van der Waals surface area contributed by atoms with E-state index in [2.05, 4.69) is 15.6 Å². The number of hydrogen-bond donors (Lipinski definition) is 2. The molecule has 0 aromatic heterocycles. The van der Waals surface area contributed by atoms with Crippen LogP contribution in [0.2, 0.25) is 5.02 Å². The Labute approximate surface area is 181 Å². The molecule has 2 aromatic rings. The molecule has 1 aliphatic heterocycles. The Balaban J connectivity index is 1.83. The predicted octanol–water partition coefficient (Wildman–Crippen LogP) is 4.04. The summed E-state index contributed by atoms with van der Waals surface area (Å²) in [4.78, 5) is 17.5. The minimum atomic E-state index is -0.342. The van der Waals surface area contributed by atoms with E-state index in [4.69, 9.17) is 25.8 Å². The number of carbonyl (C=O) groups excluding carboxylic acids is 1. The standard InChI is InChI=1S/C22H26ClN3O4/c1-14-6-7-16(23)11-20(14)25-22(24-13-17-5-4-8-30-17)26-21(27)15-9-18(28-2)12-19(10-15)29-3/h6-7,9-12,17H,4-5,8,13H2,1-3H3,(H2,24,25,26,27)/t17-/m1/s1. The topological polar surface area (TPSA) is 81.2 Å². The number of benzene rings is 2. The minimum absolute atomic E-state index is 0.0519. The molecule has 0 spiro atoms. The van der Waals surface area contributed by atoms with Gasteiger partial charge >= 0.3 is 0 Å². The van der Waals surface area contributed by atoms with Crippen LogP contribution in [0.3, 0.4) is 0 Å². The summed E-state index contributed by atoms with van der Waals surface area (Å²) < 4.78 is 16.2. The Bertz CT molecular complexity index is 904. The van der Waals surface area contributed by atoms with Crippen molar-refractivity contribution in [2.24, 2.45) is 4.99 Å². The van der Waals surface area contributed by atoms with Gasteiger partial charge in [-0.2, -0.15) is 0 Å². The number of halogens is 1. The summed E-state index contributed by atoms with van der Waals surface area (Å²) in [6.45, 7) is 3.14. The van der Waals surface area contributed by atoms with Gasteiger partial charge in [-0.1, -0.05) is 17.7 Å². The predicted molar refractivity (Wildman–Crippen MR) is 118 cm³/mol. The number of guanidine groups is 1. The van der Waals surface area contributed by atoms with Crippen LogP contribution in [0.4, 0.5) is 5.69 Å². The molecule has 160 valence electrons. The van der Waals surface area contributed by atoms with Gasteiger partial charge in [0.05, 0.1) is 26.9 Å². The summed E-state index contributed by atoms with van der Waals surface area (Å²) in [7, 11) is 3.07. The number of methoxy groups -OCH3 is 2. The Kier molecular flexibility index (Phi) is 7.54. The van der Waals surface area contributed by atoms with Crippen molar-refractivity contribution in [3.8, 4) is 11.5 Å². The lowest BCUT2D eigenvalue weighted by atomic mass is 10.2. The first-order chi connectivity index (χ1) is 14.5. The molecule has 1 fully saturated rings. The van der Waals surface area contributed by atoms with Gasteiger partial charge in [-0.05, 0) is 49.6 Å². The Morgan fingerprint density at radius 1 is 1.20 bits per heavy atom. The van der Waals surface area contributed by atoms with Crippen LogP contribution < -0.4 is 20.1 Å². The van der Waals surface area contributed by atoms with Crippen molar-refractivity contribution >= 4 is 29.2 Å². The van der Waals surface area contributed by atoms with E-state index >= 15 is 0 Å². The molecule has 0 saturated carbocycles. The van der Waals surface area contributed by atoms with E-state index in [1.54, 1.807) is 24.3 Å². The van der Waals surface area contributed by atoms with Gasteiger partial charge in [0.1, 0.15) is 11.5 Å². The quantitative estimate of drug-likeness (QED) is 0.533. The highest BCUT2D eigenvalue weighted by atomic mass is 35.5. The van der Waals surface area contributed by atoms with Crippen molar-refractivity contribution < 1.29 is 19.0 Å². The van der Waals surface area contributed by atoms with Crippen LogP contribution in [0, 0.1) is 6.92 Å². The fourth-order valence-electron chi connectivity index (χ4n) is 3.07. The van der Waals surface area contributed by atoms with E-state index in [-0.39, 0.29) is 12.0 Å². The van der Waals surface area contributed by atoms with Crippen molar-refractivity contribution in [1.29, 1.82) is 0 Å². The summed E-state index contributed by atoms with van der Waals surface area (Å²) >= 11 is 6.13. The third-order valence-electron chi connectivity index (χ3n) is 4.78. The number of nitrogens with one attached hydrogen (secondary N) is 2. The van der Waals surface area contributed by atoms with E-state index in [0.29, 0.717) is 34.6 Å². The first kappa shape index (κ1) is 21.9. The molecule has 0 radical (unpaired) electrons. The van der Waals surface area contributed by atoms with Gasteiger partial charge in [0.25, 0.3) is 5.91 Å². The Hall–Kier alpha value is -2.77. The van der Waals surface area contributed by atoms with Crippen LogP contribution in [0.1, 0.15) is 28.8 Å². The molecule has 0 bridgehead atoms. The summed E-state index contributed by atoms with van der Waals surface area (Å²) in [5.41, 5.74) is 2.12. The van der Waals surface area contributed by atoms with Gasteiger partial charge in [0.15, 0.2) is 0 Å². The number of anilines is 1. The van der Waals surface area contributed by atoms with Gasteiger partial charge in [-0.25, -0.2) is 4.99 Å². The van der Waals surface area contributed by atoms with Crippen molar-refractivity contribution in [3.63, 3.8) is 0 Å². The number of amides is 1. The molecule has 1 saturated heterocycles. The summed E-state index contributed by atoms with van der Waals surface area (Å²) in [6.07, 6.45) is 2.02. The lowest BCUT2D eigenvalue weighted by Gasteiger charge is -2.15. The highest BCUT2D eigenvalue weighted by molar-refractivity contribution is 6.31. The zero-order valence-electron chi connectivity index (χ0n) is 17.3. The van der Waals surface area contributed by atoms with E-state index in [1.807, 2.05) is 19.1 Å². The Morgan fingerprint density at radius 3 is 2.57 bits per heavy atom. The van der Waals surface area contributed by atoms with Gasteiger partial charge in [0, 0.05) is 28.9 Å². The lowest BCUT2D eigenvalue weighted by Crippen LogP contribution is -2.37. The molecule has 1 atom stereocenters.